The van der Waals surface area contributed by atoms with Crippen molar-refractivity contribution in [2.75, 3.05) is 0 Å². The molecule has 3 heteroatoms. The van der Waals surface area contributed by atoms with Crippen molar-refractivity contribution in [2.24, 2.45) is 0 Å². The zero-order chi connectivity index (χ0) is 10.7. The zero-order valence-corrected chi connectivity index (χ0v) is 10.0. The fourth-order valence-electron chi connectivity index (χ4n) is 1.82. The van der Waals surface area contributed by atoms with Crippen LogP contribution in [0.4, 0.5) is 0 Å². The molecule has 0 spiro atoms. The van der Waals surface area contributed by atoms with Gasteiger partial charge in [0.05, 0.1) is 9.21 Å². The number of hydrogen-bond donors (Lipinski definition) is 0. The van der Waals surface area contributed by atoms with Gasteiger partial charge in [-0.05, 0) is 37.8 Å². The second-order valence-electron chi connectivity index (χ2n) is 3.81. The Morgan fingerprint density at radius 2 is 2.27 bits per heavy atom. The summed E-state index contributed by atoms with van der Waals surface area (Å²) in [5, 5.41) is 0. The van der Waals surface area contributed by atoms with Crippen LogP contribution in [0.15, 0.2) is 23.8 Å². The first kappa shape index (κ1) is 10.9. The Morgan fingerprint density at radius 3 is 2.87 bits per heavy atom. The maximum atomic E-state index is 11.8. The highest BCUT2D eigenvalue weighted by atomic mass is 35.5. The van der Waals surface area contributed by atoms with Crippen LogP contribution in [-0.4, -0.2) is 5.78 Å². The molecule has 0 fully saturated rings. The number of carbonyl (C=O) groups is 1. The van der Waals surface area contributed by atoms with Crippen molar-refractivity contribution in [3.8, 4) is 0 Å². The van der Waals surface area contributed by atoms with E-state index >= 15 is 0 Å². The highest BCUT2D eigenvalue weighted by Gasteiger charge is 2.12. The molecular formula is C12H13ClOS. The molecule has 0 unspecified atom stereocenters. The molecule has 0 radical (unpaired) electrons. The van der Waals surface area contributed by atoms with Gasteiger partial charge < -0.3 is 0 Å². The fourth-order valence-corrected chi connectivity index (χ4v) is 2.80. The number of halogens is 1. The maximum absolute atomic E-state index is 11.8. The van der Waals surface area contributed by atoms with E-state index in [1.165, 1.54) is 29.8 Å². The van der Waals surface area contributed by atoms with Crippen molar-refractivity contribution >= 4 is 28.7 Å². The van der Waals surface area contributed by atoms with Gasteiger partial charge in [-0.2, -0.15) is 0 Å². The van der Waals surface area contributed by atoms with Gasteiger partial charge >= 0.3 is 0 Å². The first-order chi connectivity index (χ1) is 7.25. The molecule has 0 atom stereocenters. The van der Waals surface area contributed by atoms with E-state index in [2.05, 4.69) is 6.08 Å². The molecule has 0 N–H and O–H groups in total. The van der Waals surface area contributed by atoms with Crippen molar-refractivity contribution in [3.05, 3.63) is 33.0 Å². The Bertz CT molecular complexity index is 392. The van der Waals surface area contributed by atoms with Gasteiger partial charge in [-0.1, -0.05) is 23.3 Å². The van der Waals surface area contributed by atoms with E-state index in [4.69, 9.17) is 11.6 Å². The Balaban J connectivity index is 2.00. The second kappa shape index (κ2) is 4.95. The molecule has 0 saturated heterocycles. The number of hydrogen-bond acceptors (Lipinski definition) is 2. The standard InChI is InChI=1S/C12H13ClOS/c13-12-7-6-11(15-12)10(14)8-9-4-2-1-3-5-9/h4,6-7H,1-3,5,8H2. The normalized spacial score (nSPS) is 16.2. The molecule has 0 bridgehead atoms. The number of rotatable bonds is 3. The number of thiophene rings is 1. The minimum Gasteiger partial charge on any atom is -0.293 e. The third kappa shape index (κ3) is 2.93. The van der Waals surface area contributed by atoms with Gasteiger partial charge in [-0.15, -0.1) is 11.3 Å². The van der Waals surface area contributed by atoms with Crippen LogP contribution in [0.25, 0.3) is 0 Å². The Hall–Kier alpha value is -0.600. The van der Waals surface area contributed by atoms with E-state index in [1.54, 1.807) is 6.07 Å². The van der Waals surface area contributed by atoms with Crippen molar-refractivity contribution < 1.29 is 4.79 Å². The Morgan fingerprint density at radius 1 is 1.40 bits per heavy atom. The summed E-state index contributed by atoms with van der Waals surface area (Å²) in [6.45, 7) is 0. The molecule has 0 aliphatic heterocycles. The lowest BCUT2D eigenvalue weighted by molar-refractivity contribution is 0.0995. The Labute approximate surface area is 98.8 Å². The molecule has 1 aromatic heterocycles. The topological polar surface area (TPSA) is 17.1 Å². The summed E-state index contributed by atoms with van der Waals surface area (Å²) in [5.74, 6) is 0.208. The smallest absolute Gasteiger partial charge is 0.176 e. The number of ketones is 1. The van der Waals surface area contributed by atoms with Gasteiger partial charge in [0.2, 0.25) is 0 Å². The fraction of sp³-hybridized carbons (Fsp3) is 0.417. The average Bonchev–Trinajstić information content (AvgIpc) is 2.66. The summed E-state index contributed by atoms with van der Waals surface area (Å²) in [5.41, 5.74) is 1.30. The van der Waals surface area contributed by atoms with E-state index in [-0.39, 0.29) is 5.78 Å². The first-order valence-electron chi connectivity index (χ1n) is 5.22. The molecule has 2 rings (SSSR count). The first-order valence-corrected chi connectivity index (χ1v) is 6.41. The van der Waals surface area contributed by atoms with Gasteiger partial charge in [0, 0.05) is 6.42 Å². The lowest BCUT2D eigenvalue weighted by Gasteiger charge is -2.10. The minimum absolute atomic E-state index is 0.208. The molecule has 0 saturated carbocycles. The summed E-state index contributed by atoms with van der Waals surface area (Å²) >= 11 is 7.17. The molecule has 1 aliphatic carbocycles. The molecule has 1 nitrogen and oxygen atoms in total. The number of carbonyl (C=O) groups excluding carboxylic acids is 1. The van der Waals surface area contributed by atoms with Crippen molar-refractivity contribution in [1.29, 1.82) is 0 Å². The Kier molecular flexibility index (Phi) is 3.60. The number of Topliss-reactive ketones (excluding diaryl/α,β-unsaturated/α-hetero) is 1. The molecule has 0 amide bonds. The van der Waals surface area contributed by atoms with Crippen LogP contribution in [0.5, 0.6) is 0 Å². The van der Waals surface area contributed by atoms with Crippen LogP contribution >= 0.6 is 22.9 Å². The van der Waals surface area contributed by atoms with Crippen molar-refractivity contribution in [2.45, 2.75) is 32.1 Å². The number of allylic oxidation sites excluding steroid dienone is 2. The summed E-state index contributed by atoms with van der Waals surface area (Å²) in [7, 11) is 0. The molecule has 1 aromatic rings. The highest BCUT2D eigenvalue weighted by Crippen LogP contribution is 2.26. The van der Waals surface area contributed by atoms with Crippen LogP contribution in [0.2, 0.25) is 4.34 Å². The zero-order valence-electron chi connectivity index (χ0n) is 8.46. The molecule has 1 aliphatic rings. The summed E-state index contributed by atoms with van der Waals surface area (Å²) in [4.78, 5) is 12.6. The van der Waals surface area contributed by atoms with E-state index in [0.717, 1.165) is 17.7 Å². The van der Waals surface area contributed by atoms with Crippen LogP contribution in [0, 0.1) is 0 Å². The van der Waals surface area contributed by atoms with E-state index in [0.29, 0.717) is 10.8 Å². The van der Waals surface area contributed by atoms with Crippen LogP contribution in [0.1, 0.15) is 41.8 Å². The van der Waals surface area contributed by atoms with Crippen LogP contribution in [-0.2, 0) is 0 Å². The summed E-state index contributed by atoms with van der Waals surface area (Å²) < 4.78 is 0.691. The monoisotopic (exact) mass is 240 g/mol. The van der Waals surface area contributed by atoms with Gasteiger partial charge in [0.1, 0.15) is 0 Å². The van der Waals surface area contributed by atoms with E-state index in [9.17, 15) is 4.79 Å². The lowest BCUT2D eigenvalue weighted by atomic mass is 9.95. The van der Waals surface area contributed by atoms with Gasteiger partial charge in [0.25, 0.3) is 0 Å². The predicted molar refractivity (Wildman–Crippen MR) is 64.8 cm³/mol. The predicted octanol–water partition coefficient (Wildman–Crippen LogP) is 4.47. The van der Waals surface area contributed by atoms with Gasteiger partial charge in [-0.25, -0.2) is 0 Å². The van der Waals surface area contributed by atoms with Crippen LogP contribution in [0.3, 0.4) is 0 Å². The third-order valence-electron chi connectivity index (χ3n) is 2.62. The quantitative estimate of drug-likeness (QED) is 0.563. The van der Waals surface area contributed by atoms with Crippen LogP contribution < -0.4 is 0 Å². The summed E-state index contributed by atoms with van der Waals surface area (Å²) in [6.07, 6.45) is 7.51. The largest absolute Gasteiger partial charge is 0.293 e. The molecule has 80 valence electrons. The molecular weight excluding hydrogens is 228 g/mol. The second-order valence-corrected chi connectivity index (χ2v) is 5.53. The van der Waals surface area contributed by atoms with Crippen molar-refractivity contribution in [3.63, 3.8) is 0 Å². The third-order valence-corrected chi connectivity index (χ3v) is 3.89. The van der Waals surface area contributed by atoms with Crippen molar-refractivity contribution in [1.82, 2.24) is 0 Å². The minimum atomic E-state index is 0.208. The van der Waals surface area contributed by atoms with Gasteiger partial charge in [-0.3, -0.25) is 4.79 Å². The van der Waals surface area contributed by atoms with E-state index in [1.807, 2.05) is 6.07 Å². The molecule has 15 heavy (non-hydrogen) atoms. The average molecular weight is 241 g/mol. The summed E-state index contributed by atoms with van der Waals surface area (Å²) in [6, 6.07) is 3.60. The maximum Gasteiger partial charge on any atom is 0.176 e. The van der Waals surface area contributed by atoms with E-state index < -0.39 is 0 Å². The highest BCUT2D eigenvalue weighted by molar-refractivity contribution is 7.18. The molecule has 0 aromatic carbocycles. The lowest BCUT2D eigenvalue weighted by Crippen LogP contribution is -2.01. The van der Waals surface area contributed by atoms with Gasteiger partial charge in [0.15, 0.2) is 5.78 Å². The SMILES string of the molecule is O=C(CC1=CCCCC1)c1ccc(Cl)s1. The molecule has 1 heterocycles.